The van der Waals surface area contributed by atoms with Crippen molar-refractivity contribution >= 4 is 11.6 Å². The molecule has 0 atom stereocenters. The van der Waals surface area contributed by atoms with E-state index in [0.29, 0.717) is 17.6 Å². The maximum Gasteiger partial charge on any atom is 0.186 e. The molecule has 0 spiro atoms. The van der Waals surface area contributed by atoms with Crippen molar-refractivity contribution in [2.45, 2.75) is 40.3 Å². The average molecular weight is 305 g/mol. The largest absolute Gasteiger partial charge is 0.320 e. The van der Waals surface area contributed by atoms with Gasteiger partial charge in [0, 0.05) is 46.8 Å². The molecule has 1 aromatic heterocycles. The number of hydrogen-bond acceptors (Lipinski definition) is 2. The molecule has 1 heterocycles. The topological polar surface area (TPSA) is 34.0 Å². The third-order valence-corrected chi connectivity index (χ3v) is 3.69. The first kappa shape index (κ1) is 15.8. The van der Waals surface area contributed by atoms with Crippen molar-refractivity contribution in [2.75, 3.05) is 0 Å². The highest BCUT2D eigenvalue weighted by atomic mass is 35.5. The van der Waals surface area contributed by atoms with Gasteiger partial charge >= 0.3 is 0 Å². The van der Waals surface area contributed by atoms with Crippen molar-refractivity contribution in [3.63, 3.8) is 0 Å². The zero-order valence-corrected chi connectivity index (χ0v) is 13.7. The van der Waals surface area contributed by atoms with Gasteiger partial charge in [0.25, 0.3) is 0 Å². The Kier molecular flexibility index (Phi) is 4.86. The van der Waals surface area contributed by atoms with Crippen LogP contribution in [-0.4, -0.2) is 10.6 Å². The zero-order valence-electron chi connectivity index (χ0n) is 12.9. The number of aryl methyl sites for hydroxylation is 2. The minimum atomic E-state index is 0.0663. The third-order valence-electron chi connectivity index (χ3n) is 3.45. The van der Waals surface area contributed by atoms with Gasteiger partial charge in [0.15, 0.2) is 5.43 Å². The molecule has 1 N–H and O–H groups in total. The number of hydrogen-bond donors (Lipinski definition) is 1. The van der Waals surface area contributed by atoms with E-state index in [1.54, 1.807) is 6.07 Å². The Balaban J connectivity index is 2.51. The lowest BCUT2D eigenvalue weighted by Gasteiger charge is -2.16. The molecule has 0 fully saturated rings. The van der Waals surface area contributed by atoms with E-state index >= 15 is 0 Å². The fraction of sp³-hybridized carbons (Fsp3) is 0.353. The summed E-state index contributed by atoms with van der Waals surface area (Å²) in [4.78, 5) is 12.1. The molecule has 4 heteroatoms. The number of halogens is 1. The highest BCUT2D eigenvalue weighted by Gasteiger charge is 2.08. The molecule has 0 aliphatic rings. The van der Waals surface area contributed by atoms with Crippen LogP contribution in [0.3, 0.4) is 0 Å². The number of benzene rings is 1. The van der Waals surface area contributed by atoms with Gasteiger partial charge in [0.2, 0.25) is 0 Å². The Morgan fingerprint density at radius 3 is 2.62 bits per heavy atom. The van der Waals surface area contributed by atoms with Crippen LogP contribution in [0.2, 0.25) is 5.02 Å². The molecule has 0 saturated heterocycles. The third kappa shape index (κ3) is 3.74. The van der Waals surface area contributed by atoms with Crippen molar-refractivity contribution in [3.05, 3.63) is 62.5 Å². The van der Waals surface area contributed by atoms with Gasteiger partial charge in [0.1, 0.15) is 0 Å². The number of nitrogens with zero attached hydrogens (tertiary/aromatic N) is 1. The van der Waals surface area contributed by atoms with Gasteiger partial charge in [-0.25, -0.2) is 0 Å². The molecule has 112 valence electrons. The molecule has 2 aromatic rings. The van der Waals surface area contributed by atoms with E-state index in [1.807, 2.05) is 42.8 Å². The maximum atomic E-state index is 12.1. The van der Waals surface area contributed by atoms with Gasteiger partial charge < -0.3 is 9.88 Å². The Morgan fingerprint density at radius 2 is 1.95 bits per heavy atom. The minimum absolute atomic E-state index is 0.0663. The van der Waals surface area contributed by atoms with Crippen LogP contribution in [0.4, 0.5) is 0 Å². The van der Waals surface area contributed by atoms with Crippen LogP contribution in [0.15, 0.2) is 35.3 Å². The second-order valence-corrected chi connectivity index (χ2v) is 6.08. The number of pyridine rings is 1. The summed E-state index contributed by atoms with van der Waals surface area (Å²) in [6.45, 7) is 8.66. The first-order valence-corrected chi connectivity index (χ1v) is 7.48. The lowest BCUT2D eigenvalue weighted by molar-refractivity contribution is 0.585. The van der Waals surface area contributed by atoms with Crippen molar-refractivity contribution in [2.24, 2.45) is 0 Å². The fourth-order valence-corrected chi connectivity index (χ4v) is 2.39. The van der Waals surface area contributed by atoms with Crippen molar-refractivity contribution in [1.82, 2.24) is 9.88 Å². The smallest absolute Gasteiger partial charge is 0.186 e. The molecular weight excluding hydrogens is 284 g/mol. The van der Waals surface area contributed by atoms with Crippen LogP contribution < -0.4 is 10.7 Å². The van der Waals surface area contributed by atoms with Gasteiger partial charge in [0.05, 0.1) is 0 Å². The molecule has 2 rings (SSSR count). The van der Waals surface area contributed by atoms with Gasteiger partial charge in [-0.1, -0.05) is 31.5 Å². The molecule has 0 saturated carbocycles. The Bertz CT molecular complexity index is 704. The van der Waals surface area contributed by atoms with E-state index in [-0.39, 0.29) is 5.43 Å². The van der Waals surface area contributed by atoms with Crippen molar-refractivity contribution in [1.29, 1.82) is 0 Å². The summed E-state index contributed by atoms with van der Waals surface area (Å²) in [5.41, 5.74) is 3.85. The monoisotopic (exact) mass is 304 g/mol. The SMILES string of the molecule is Cc1ccc(Cl)cc1-n1cc(CNC(C)C)c(=O)cc1C. The van der Waals surface area contributed by atoms with E-state index in [4.69, 9.17) is 11.6 Å². The normalized spacial score (nSPS) is 11.1. The van der Waals surface area contributed by atoms with Gasteiger partial charge in [-0.2, -0.15) is 0 Å². The Morgan fingerprint density at radius 1 is 1.24 bits per heavy atom. The van der Waals surface area contributed by atoms with Crippen molar-refractivity contribution < 1.29 is 0 Å². The molecule has 0 amide bonds. The molecule has 3 nitrogen and oxygen atoms in total. The van der Waals surface area contributed by atoms with Gasteiger partial charge in [-0.3, -0.25) is 4.79 Å². The first-order valence-electron chi connectivity index (χ1n) is 7.10. The summed E-state index contributed by atoms with van der Waals surface area (Å²) in [6.07, 6.45) is 1.91. The summed E-state index contributed by atoms with van der Waals surface area (Å²) in [7, 11) is 0. The Hall–Kier alpha value is -1.58. The second-order valence-electron chi connectivity index (χ2n) is 5.64. The van der Waals surface area contributed by atoms with E-state index < -0.39 is 0 Å². The van der Waals surface area contributed by atoms with E-state index in [9.17, 15) is 4.79 Å². The summed E-state index contributed by atoms with van der Waals surface area (Å²) < 4.78 is 2.03. The standard InChI is InChI=1S/C17H21ClN2O/c1-11(2)19-9-14-10-20(13(4)7-17(14)21)16-8-15(18)6-5-12(16)3/h5-8,10-11,19H,9H2,1-4H3. The summed E-state index contributed by atoms with van der Waals surface area (Å²) in [5.74, 6) is 0. The van der Waals surface area contributed by atoms with E-state index in [1.165, 1.54) is 0 Å². The van der Waals surface area contributed by atoms with Crippen LogP contribution in [0.25, 0.3) is 5.69 Å². The quantitative estimate of drug-likeness (QED) is 0.936. The minimum Gasteiger partial charge on any atom is -0.320 e. The van der Waals surface area contributed by atoms with Crippen LogP contribution in [0.5, 0.6) is 0 Å². The predicted molar refractivity (Wildman–Crippen MR) is 88.5 cm³/mol. The van der Waals surface area contributed by atoms with E-state index in [2.05, 4.69) is 19.2 Å². The molecule has 0 aliphatic heterocycles. The molecule has 0 bridgehead atoms. The molecule has 0 radical (unpaired) electrons. The summed E-state index contributed by atoms with van der Waals surface area (Å²) in [6, 6.07) is 7.80. The molecule has 1 aromatic carbocycles. The van der Waals surface area contributed by atoms with Crippen LogP contribution in [-0.2, 0) is 6.54 Å². The molecular formula is C17H21ClN2O. The molecule has 21 heavy (non-hydrogen) atoms. The average Bonchev–Trinajstić information content (AvgIpc) is 2.41. The predicted octanol–water partition coefficient (Wildman–Crippen LogP) is 3.61. The lowest BCUT2D eigenvalue weighted by Crippen LogP contribution is -2.26. The van der Waals surface area contributed by atoms with E-state index in [0.717, 1.165) is 22.5 Å². The number of aromatic nitrogens is 1. The second kappa shape index (κ2) is 6.46. The molecule has 0 unspecified atom stereocenters. The van der Waals surface area contributed by atoms with Gasteiger partial charge in [-0.15, -0.1) is 0 Å². The zero-order chi connectivity index (χ0) is 15.6. The Labute approximate surface area is 130 Å². The maximum absolute atomic E-state index is 12.1. The van der Waals surface area contributed by atoms with Crippen LogP contribution in [0.1, 0.15) is 30.7 Å². The number of rotatable bonds is 4. The van der Waals surface area contributed by atoms with Crippen LogP contribution >= 0.6 is 11.6 Å². The summed E-state index contributed by atoms with van der Waals surface area (Å²) in [5, 5.41) is 3.98. The van der Waals surface area contributed by atoms with Crippen LogP contribution in [0, 0.1) is 13.8 Å². The fourth-order valence-electron chi connectivity index (χ4n) is 2.22. The summed E-state index contributed by atoms with van der Waals surface area (Å²) >= 11 is 6.11. The number of nitrogens with one attached hydrogen (secondary N) is 1. The van der Waals surface area contributed by atoms with Gasteiger partial charge in [-0.05, 0) is 31.5 Å². The lowest BCUT2D eigenvalue weighted by atomic mass is 10.1. The molecule has 0 aliphatic carbocycles. The first-order chi connectivity index (χ1) is 9.88. The highest BCUT2D eigenvalue weighted by molar-refractivity contribution is 6.30. The van der Waals surface area contributed by atoms with Crippen molar-refractivity contribution in [3.8, 4) is 5.69 Å². The highest BCUT2D eigenvalue weighted by Crippen LogP contribution is 2.20.